The molecule has 0 radical (unpaired) electrons. The van der Waals surface area contributed by atoms with Crippen LogP contribution in [-0.4, -0.2) is 63.9 Å². The highest BCUT2D eigenvalue weighted by molar-refractivity contribution is 7.80. The van der Waals surface area contributed by atoms with Gasteiger partial charge in [0.25, 0.3) is 0 Å². The summed E-state index contributed by atoms with van der Waals surface area (Å²) in [5.74, 6) is -0.525. The minimum Gasteiger partial charge on any atom is -0.454 e. The number of carbonyl (C=O) groups excluding carboxylic acids is 3. The van der Waals surface area contributed by atoms with Crippen LogP contribution >= 0.6 is 12.2 Å². The van der Waals surface area contributed by atoms with Gasteiger partial charge >= 0.3 is 6.03 Å². The van der Waals surface area contributed by atoms with Crippen LogP contribution in [0.5, 0.6) is 11.5 Å². The molecule has 202 valence electrons. The molecule has 0 unspecified atom stereocenters. The summed E-state index contributed by atoms with van der Waals surface area (Å²) < 4.78 is 20.4. The number of piperazine rings is 1. The second-order valence-corrected chi connectivity index (χ2v) is 9.12. The van der Waals surface area contributed by atoms with Gasteiger partial charge in [0.1, 0.15) is 11.6 Å². The number of nitrogens with zero attached hydrogens (tertiary/aromatic N) is 3. The zero-order chi connectivity index (χ0) is 27.8. The number of pyridine rings is 1. The number of urea groups is 1. The van der Waals surface area contributed by atoms with E-state index in [0.717, 1.165) is 5.56 Å². The lowest BCUT2D eigenvalue weighted by atomic mass is 10.1. The number of anilines is 2. The highest BCUT2D eigenvalue weighted by atomic mass is 32.1. The smallest absolute Gasteiger partial charge is 0.323 e. The molecule has 0 aliphatic carbocycles. The molecule has 4 rings (SSSR count). The number of carbonyl (C=O) groups is 3. The van der Waals surface area contributed by atoms with Crippen LogP contribution in [0.25, 0.3) is 0 Å². The van der Waals surface area contributed by atoms with Crippen molar-refractivity contribution in [2.45, 2.75) is 13.3 Å². The number of halogens is 1. The molecule has 0 saturated carbocycles. The molecule has 2 heterocycles. The van der Waals surface area contributed by atoms with E-state index in [2.05, 4.69) is 20.9 Å². The van der Waals surface area contributed by atoms with E-state index in [0.29, 0.717) is 31.9 Å². The summed E-state index contributed by atoms with van der Waals surface area (Å²) in [7, 11) is 0. The summed E-state index contributed by atoms with van der Waals surface area (Å²) in [6, 6.07) is 16.0. The SMILES string of the molecule is CC(=O)N1CCN(C(=O)Nc2cc(Oc3ccc(NC(=S)NC(=O)Cc4ccccc4)cc3F)ccn2)CC1. The number of hydrogen-bond acceptors (Lipinski definition) is 6. The molecule has 3 aromatic rings. The number of ether oxygens (including phenoxy) is 1. The van der Waals surface area contributed by atoms with Crippen molar-refractivity contribution < 1.29 is 23.5 Å². The zero-order valence-corrected chi connectivity index (χ0v) is 22.0. The van der Waals surface area contributed by atoms with E-state index in [1.807, 2.05) is 30.3 Å². The fraction of sp³-hybridized carbons (Fsp3) is 0.222. The maximum atomic E-state index is 14.8. The highest BCUT2D eigenvalue weighted by Gasteiger charge is 2.22. The predicted octanol–water partition coefficient (Wildman–Crippen LogP) is 3.76. The lowest BCUT2D eigenvalue weighted by Crippen LogP contribution is -2.51. The average Bonchev–Trinajstić information content (AvgIpc) is 2.91. The number of rotatable bonds is 6. The molecule has 10 nitrogen and oxygen atoms in total. The third-order valence-electron chi connectivity index (χ3n) is 5.86. The van der Waals surface area contributed by atoms with Crippen LogP contribution < -0.4 is 20.7 Å². The van der Waals surface area contributed by atoms with Gasteiger partial charge in [0.05, 0.1) is 6.42 Å². The third-order valence-corrected chi connectivity index (χ3v) is 6.06. The van der Waals surface area contributed by atoms with Gasteiger partial charge in [-0.1, -0.05) is 30.3 Å². The number of benzene rings is 2. The van der Waals surface area contributed by atoms with Crippen LogP contribution in [0.3, 0.4) is 0 Å². The van der Waals surface area contributed by atoms with Gasteiger partial charge in [-0.05, 0) is 36.0 Å². The minimum atomic E-state index is -0.663. The Bertz CT molecular complexity index is 1370. The Morgan fingerprint density at radius 2 is 1.69 bits per heavy atom. The highest BCUT2D eigenvalue weighted by Crippen LogP contribution is 2.27. The molecule has 1 aliphatic heterocycles. The van der Waals surface area contributed by atoms with Crippen LogP contribution in [0.15, 0.2) is 66.9 Å². The van der Waals surface area contributed by atoms with Gasteiger partial charge in [-0.15, -0.1) is 0 Å². The third kappa shape index (κ3) is 7.95. The maximum absolute atomic E-state index is 14.8. The molecule has 1 aliphatic rings. The minimum absolute atomic E-state index is 0.0223. The number of aromatic nitrogens is 1. The Balaban J connectivity index is 1.30. The van der Waals surface area contributed by atoms with E-state index in [9.17, 15) is 18.8 Å². The molecule has 1 saturated heterocycles. The van der Waals surface area contributed by atoms with Crippen LogP contribution in [-0.2, 0) is 16.0 Å². The first-order valence-electron chi connectivity index (χ1n) is 12.2. The quantitative estimate of drug-likeness (QED) is 0.400. The Labute approximate surface area is 230 Å². The Morgan fingerprint density at radius 1 is 0.974 bits per heavy atom. The molecule has 0 bridgehead atoms. The predicted molar refractivity (Wildman–Crippen MR) is 148 cm³/mol. The molecule has 2 aromatic carbocycles. The molecular formula is C27H27FN6O4S. The lowest BCUT2D eigenvalue weighted by molar-refractivity contribution is -0.130. The van der Waals surface area contributed by atoms with E-state index in [1.165, 1.54) is 37.4 Å². The topological polar surface area (TPSA) is 116 Å². The van der Waals surface area contributed by atoms with E-state index in [-0.39, 0.29) is 46.7 Å². The fourth-order valence-electron chi connectivity index (χ4n) is 3.86. The summed E-state index contributed by atoms with van der Waals surface area (Å²) in [5, 5.41) is 8.09. The first-order valence-corrected chi connectivity index (χ1v) is 12.6. The van der Waals surface area contributed by atoms with Crippen molar-refractivity contribution >= 4 is 46.7 Å². The van der Waals surface area contributed by atoms with Gasteiger partial charge in [-0.2, -0.15) is 0 Å². The van der Waals surface area contributed by atoms with Gasteiger partial charge in [0, 0.05) is 57.1 Å². The fourth-order valence-corrected chi connectivity index (χ4v) is 4.09. The summed E-state index contributed by atoms with van der Waals surface area (Å²) in [6.07, 6.45) is 1.59. The number of amides is 4. The molecule has 0 atom stereocenters. The van der Waals surface area contributed by atoms with Crippen molar-refractivity contribution in [3.8, 4) is 11.5 Å². The summed E-state index contributed by atoms with van der Waals surface area (Å²) >= 11 is 5.16. The number of nitrogens with one attached hydrogen (secondary N) is 3. The summed E-state index contributed by atoms with van der Waals surface area (Å²) in [6.45, 7) is 3.25. The van der Waals surface area contributed by atoms with E-state index < -0.39 is 5.82 Å². The maximum Gasteiger partial charge on any atom is 0.323 e. The monoisotopic (exact) mass is 550 g/mol. The van der Waals surface area contributed by atoms with Gasteiger partial charge in [-0.25, -0.2) is 14.2 Å². The first-order chi connectivity index (χ1) is 18.8. The standard InChI is InChI=1S/C27H27FN6O4S/c1-18(35)33-11-13-34(14-12-33)27(37)31-24-17-21(9-10-29-24)38-23-8-7-20(16-22(23)28)30-26(39)32-25(36)15-19-5-3-2-4-6-19/h2-10,16-17H,11-15H2,1H3,(H,29,31,37)(H2,30,32,36,39). The van der Waals surface area contributed by atoms with Gasteiger partial charge < -0.3 is 25.2 Å². The van der Waals surface area contributed by atoms with E-state index in [4.69, 9.17) is 17.0 Å². The summed E-state index contributed by atoms with van der Waals surface area (Å²) in [5.41, 5.74) is 1.18. The molecule has 1 fully saturated rings. The zero-order valence-electron chi connectivity index (χ0n) is 21.1. The molecule has 12 heteroatoms. The van der Waals surface area contributed by atoms with Gasteiger partial charge in [0.15, 0.2) is 16.7 Å². The molecule has 3 N–H and O–H groups in total. The van der Waals surface area contributed by atoms with Crippen molar-refractivity contribution in [1.29, 1.82) is 0 Å². The molecule has 4 amide bonds. The lowest BCUT2D eigenvalue weighted by Gasteiger charge is -2.34. The van der Waals surface area contributed by atoms with Crippen LogP contribution in [0.1, 0.15) is 12.5 Å². The molecule has 1 aromatic heterocycles. The van der Waals surface area contributed by atoms with Gasteiger partial charge in [0.2, 0.25) is 11.8 Å². The van der Waals surface area contributed by atoms with Crippen LogP contribution in [0.2, 0.25) is 0 Å². The Morgan fingerprint density at radius 3 is 2.38 bits per heavy atom. The normalized spacial score (nSPS) is 12.9. The van der Waals surface area contributed by atoms with Crippen molar-refractivity contribution in [2.24, 2.45) is 0 Å². The summed E-state index contributed by atoms with van der Waals surface area (Å²) in [4.78, 5) is 43.6. The molecular weight excluding hydrogens is 523 g/mol. The van der Waals surface area contributed by atoms with Crippen LogP contribution in [0.4, 0.5) is 20.7 Å². The van der Waals surface area contributed by atoms with Crippen molar-refractivity contribution in [3.63, 3.8) is 0 Å². The van der Waals surface area contributed by atoms with Crippen molar-refractivity contribution in [2.75, 3.05) is 36.8 Å². The molecule has 0 spiro atoms. The van der Waals surface area contributed by atoms with E-state index in [1.54, 1.807) is 15.9 Å². The second kappa shape index (κ2) is 12.8. The number of thiocarbonyl (C=S) groups is 1. The van der Waals surface area contributed by atoms with E-state index >= 15 is 0 Å². The van der Waals surface area contributed by atoms with Crippen LogP contribution in [0, 0.1) is 5.82 Å². The molecule has 39 heavy (non-hydrogen) atoms. The Kier molecular flexibility index (Phi) is 9.00. The van der Waals surface area contributed by atoms with Crippen molar-refractivity contribution in [1.82, 2.24) is 20.1 Å². The first kappa shape index (κ1) is 27.5. The average molecular weight is 551 g/mol. The second-order valence-electron chi connectivity index (χ2n) is 8.71. The largest absolute Gasteiger partial charge is 0.454 e. The number of hydrogen-bond donors (Lipinski definition) is 3. The Hall–Kier alpha value is -4.58. The van der Waals surface area contributed by atoms with Crippen molar-refractivity contribution in [3.05, 3.63) is 78.2 Å². The van der Waals surface area contributed by atoms with Gasteiger partial charge in [-0.3, -0.25) is 14.9 Å².